The zero-order valence-electron chi connectivity index (χ0n) is 9.38. The van der Waals surface area contributed by atoms with Crippen molar-refractivity contribution >= 4 is 33.0 Å². The van der Waals surface area contributed by atoms with Gasteiger partial charge in [0.15, 0.2) is 0 Å². The van der Waals surface area contributed by atoms with Crippen LogP contribution in [0.1, 0.15) is 0 Å². The van der Waals surface area contributed by atoms with E-state index in [0.717, 1.165) is 20.7 Å². The number of rotatable bonds is 2. The molecule has 3 aromatic rings. The molecule has 0 saturated heterocycles. The van der Waals surface area contributed by atoms with Crippen LogP contribution in [0.5, 0.6) is 0 Å². The van der Waals surface area contributed by atoms with E-state index >= 15 is 0 Å². The van der Waals surface area contributed by atoms with Crippen molar-refractivity contribution in [1.82, 2.24) is 9.78 Å². The van der Waals surface area contributed by atoms with Crippen LogP contribution < -0.4 is 5.73 Å². The molecule has 0 amide bonds. The van der Waals surface area contributed by atoms with Gasteiger partial charge in [-0.3, -0.25) is 0 Å². The highest BCUT2D eigenvalue weighted by atomic mass is 79.9. The lowest BCUT2D eigenvalue weighted by Gasteiger charge is -2.00. The lowest BCUT2D eigenvalue weighted by atomic mass is 10.3. The number of benzene rings is 1. The first-order chi connectivity index (χ1) is 8.74. The topological polar surface area (TPSA) is 43.8 Å². The number of anilines is 1. The molecule has 90 valence electrons. The van der Waals surface area contributed by atoms with Crippen molar-refractivity contribution < 1.29 is 0 Å². The molecule has 18 heavy (non-hydrogen) atoms. The van der Waals surface area contributed by atoms with Crippen LogP contribution in [-0.2, 0) is 0 Å². The van der Waals surface area contributed by atoms with Crippen molar-refractivity contribution in [3.8, 4) is 16.3 Å². The highest BCUT2D eigenvalue weighted by Gasteiger charge is 2.10. The molecule has 2 N–H and O–H groups in total. The summed E-state index contributed by atoms with van der Waals surface area (Å²) < 4.78 is 2.82. The Morgan fingerprint density at radius 2 is 2.11 bits per heavy atom. The third-order valence-corrected chi connectivity index (χ3v) is 3.94. The molecule has 0 unspecified atom stereocenters. The summed E-state index contributed by atoms with van der Waals surface area (Å²) in [6.07, 6.45) is 1.84. The van der Waals surface area contributed by atoms with Gasteiger partial charge in [-0.2, -0.15) is 5.10 Å². The molecule has 0 aliphatic rings. The molecule has 2 heterocycles. The van der Waals surface area contributed by atoms with Crippen molar-refractivity contribution in [2.45, 2.75) is 0 Å². The van der Waals surface area contributed by atoms with Crippen LogP contribution in [-0.4, -0.2) is 9.78 Å². The third kappa shape index (κ3) is 2.07. The Balaban J connectivity index is 2.08. The van der Waals surface area contributed by atoms with Crippen LogP contribution >= 0.6 is 27.3 Å². The van der Waals surface area contributed by atoms with Gasteiger partial charge in [-0.25, -0.2) is 4.68 Å². The Labute approximate surface area is 117 Å². The monoisotopic (exact) mass is 319 g/mol. The van der Waals surface area contributed by atoms with Crippen LogP contribution in [0.25, 0.3) is 16.3 Å². The summed E-state index contributed by atoms with van der Waals surface area (Å²) in [7, 11) is 0. The number of hydrogen-bond acceptors (Lipinski definition) is 3. The van der Waals surface area contributed by atoms with Crippen molar-refractivity contribution in [2.75, 3.05) is 5.73 Å². The van der Waals surface area contributed by atoms with E-state index in [1.807, 2.05) is 48.0 Å². The summed E-state index contributed by atoms with van der Waals surface area (Å²) >= 11 is 5.09. The largest absolute Gasteiger partial charge is 0.396 e. The second kappa shape index (κ2) is 4.59. The van der Waals surface area contributed by atoms with Gasteiger partial charge in [0.05, 0.1) is 22.4 Å². The van der Waals surface area contributed by atoms with Crippen LogP contribution in [0.4, 0.5) is 5.69 Å². The average molecular weight is 320 g/mol. The average Bonchev–Trinajstić information content (AvgIpc) is 2.97. The van der Waals surface area contributed by atoms with Crippen molar-refractivity contribution in [3.05, 3.63) is 52.4 Å². The van der Waals surface area contributed by atoms with Crippen LogP contribution in [0.15, 0.2) is 52.4 Å². The minimum Gasteiger partial charge on any atom is -0.396 e. The SMILES string of the molecule is Nc1cn(-c2cccc(Br)c2)nc1-c1cccs1. The number of nitrogens with zero attached hydrogens (tertiary/aromatic N) is 2. The van der Waals surface area contributed by atoms with E-state index in [2.05, 4.69) is 21.0 Å². The summed E-state index contributed by atoms with van der Waals surface area (Å²) in [5, 5.41) is 6.57. The lowest BCUT2D eigenvalue weighted by Crippen LogP contribution is -1.94. The van der Waals surface area contributed by atoms with E-state index in [4.69, 9.17) is 5.73 Å². The van der Waals surface area contributed by atoms with E-state index in [1.165, 1.54) is 0 Å². The first-order valence-corrected chi connectivity index (χ1v) is 7.06. The first-order valence-electron chi connectivity index (χ1n) is 5.39. The van der Waals surface area contributed by atoms with E-state index in [-0.39, 0.29) is 0 Å². The number of hydrogen-bond donors (Lipinski definition) is 1. The van der Waals surface area contributed by atoms with Gasteiger partial charge in [0.2, 0.25) is 0 Å². The molecule has 0 aliphatic heterocycles. The molecule has 0 fully saturated rings. The van der Waals surface area contributed by atoms with Gasteiger partial charge < -0.3 is 5.73 Å². The molecule has 0 atom stereocenters. The third-order valence-electron chi connectivity index (χ3n) is 2.57. The van der Waals surface area contributed by atoms with Crippen molar-refractivity contribution in [1.29, 1.82) is 0 Å². The van der Waals surface area contributed by atoms with Gasteiger partial charge in [-0.1, -0.05) is 28.1 Å². The Hall–Kier alpha value is -1.59. The number of nitrogen functional groups attached to an aromatic ring is 1. The molecule has 5 heteroatoms. The Morgan fingerprint density at radius 1 is 1.22 bits per heavy atom. The van der Waals surface area contributed by atoms with Crippen molar-refractivity contribution in [2.24, 2.45) is 0 Å². The fourth-order valence-electron chi connectivity index (χ4n) is 1.74. The van der Waals surface area contributed by atoms with Gasteiger partial charge >= 0.3 is 0 Å². The standard InChI is InChI=1S/C13H10BrN3S/c14-9-3-1-4-10(7-9)17-8-11(15)13(16-17)12-5-2-6-18-12/h1-8H,15H2. The number of nitrogens with two attached hydrogens (primary N) is 1. The van der Waals surface area contributed by atoms with Crippen LogP contribution in [0.2, 0.25) is 0 Å². The van der Waals surface area contributed by atoms with Gasteiger partial charge in [-0.05, 0) is 29.6 Å². The zero-order valence-corrected chi connectivity index (χ0v) is 11.8. The molecule has 0 aliphatic carbocycles. The molecule has 0 bridgehead atoms. The van der Waals surface area contributed by atoms with Crippen LogP contribution in [0, 0.1) is 0 Å². The summed E-state index contributed by atoms with van der Waals surface area (Å²) in [6.45, 7) is 0. The first kappa shape index (κ1) is 11.5. The molecule has 1 aromatic carbocycles. The van der Waals surface area contributed by atoms with E-state index in [1.54, 1.807) is 16.0 Å². The van der Waals surface area contributed by atoms with Gasteiger partial charge in [0, 0.05) is 4.47 Å². The van der Waals surface area contributed by atoms with E-state index in [0.29, 0.717) is 5.69 Å². The van der Waals surface area contributed by atoms with Crippen molar-refractivity contribution in [3.63, 3.8) is 0 Å². The van der Waals surface area contributed by atoms with Gasteiger partial charge in [0.25, 0.3) is 0 Å². The second-order valence-electron chi connectivity index (χ2n) is 3.83. The number of thiophene rings is 1. The maximum atomic E-state index is 6.02. The van der Waals surface area contributed by atoms with E-state index in [9.17, 15) is 0 Å². The molecule has 3 nitrogen and oxygen atoms in total. The fourth-order valence-corrected chi connectivity index (χ4v) is 2.86. The fraction of sp³-hybridized carbons (Fsp3) is 0. The minimum atomic E-state index is 0.692. The smallest absolute Gasteiger partial charge is 0.126 e. The molecule has 0 saturated carbocycles. The maximum absolute atomic E-state index is 6.02. The summed E-state index contributed by atoms with van der Waals surface area (Å²) in [4.78, 5) is 1.08. The summed E-state index contributed by atoms with van der Waals surface area (Å²) in [6, 6.07) is 12.0. The Bertz CT molecular complexity index is 673. The van der Waals surface area contributed by atoms with Gasteiger partial charge in [0.1, 0.15) is 5.69 Å². The number of halogens is 1. The highest BCUT2D eigenvalue weighted by molar-refractivity contribution is 9.10. The summed E-state index contributed by atoms with van der Waals surface area (Å²) in [5.41, 5.74) is 8.53. The van der Waals surface area contributed by atoms with Gasteiger partial charge in [-0.15, -0.1) is 11.3 Å². The normalized spacial score (nSPS) is 10.7. The second-order valence-corrected chi connectivity index (χ2v) is 5.70. The Kier molecular flexibility index (Phi) is 2.93. The minimum absolute atomic E-state index is 0.692. The zero-order chi connectivity index (χ0) is 12.5. The molecule has 2 aromatic heterocycles. The predicted molar refractivity (Wildman–Crippen MR) is 79.0 cm³/mol. The Morgan fingerprint density at radius 3 is 2.83 bits per heavy atom. The molecular weight excluding hydrogens is 310 g/mol. The molecule has 0 spiro atoms. The highest BCUT2D eigenvalue weighted by Crippen LogP contribution is 2.29. The maximum Gasteiger partial charge on any atom is 0.126 e. The number of aromatic nitrogens is 2. The van der Waals surface area contributed by atoms with E-state index < -0.39 is 0 Å². The summed E-state index contributed by atoms with van der Waals surface area (Å²) in [5.74, 6) is 0. The van der Waals surface area contributed by atoms with Crippen LogP contribution in [0.3, 0.4) is 0 Å². The quantitative estimate of drug-likeness (QED) is 0.777. The molecule has 3 rings (SSSR count). The molecule has 0 radical (unpaired) electrons. The predicted octanol–water partition coefficient (Wildman–Crippen LogP) is 3.95. The lowest BCUT2D eigenvalue weighted by molar-refractivity contribution is 0.884. The molecular formula is C13H10BrN3S.